The van der Waals surface area contributed by atoms with Crippen molar-refractivity contribution < 1.29 is 14.3 Å². The molecule has 3 nitrogen and oxygen atoms in total. The van der Waals surface area contributed by atoms with Gasteiger partial charge in [0.15, 0.2) is 0 Å². The van der Waals surface area contributed by atoms with E-state index in [2.05, 4.69) is 37.4 Å². The van der Waals surface area contributed by atoms with E-state index in [9.17, 15) is 9.59 Å². The minimum Gasteiger partial charge on any atom is -0.493 e. The number of thioether (sulfide) groups is 2. The smallest absolute Gasteiger partial charge is 0.219 e. The highest BCUT2D eigenvalue weighted by Crippen LogP contribution is 2.29. The van der Waals surface area contributed by atoms with Crippen molar-refractivity contribution in [2.45, 2.75) is 18.7 Å². The highest BCUT2D eigenvalue weighted by Gasteiger charge is 2.07. The number of hydrogen-bond donors (Lipinski definition) is 0. The molecule has 0 aliphatic heterocycles. The molecule has 0 amide bonds. The lowest BCUT2D eigenvalue weighted by molar-refractivity contribution is -0.108. The summed E-state index contributed by atoms with van der Waals surface area (Å²) in [5, 5.41) is -0.00889. The van der Waals surface area contributed by atoms with E-state index in [1.165, 1.54) is 23.5 Å². The molecule has 0 heterocycles. The first-order valence-electron chi connectivity index (χ1n) is 10.5. The van der Waals surface area contributed by atoms with Gasteiger partial charge in [-0.2, -0.15) is 0 Å². The van der Waals surface area contributed by atoms with Crippen molar-refractivity contribution in [2.75, 3.05) is 12.4 Å². The normalized spacial score (nSPS) is 10.5. The Kier molecular flexibility index (Phi) is 8.75. The van der Waals surface area contributed by atoms with Gasteiger partial charge in [0.2, 0.25) is 10.2 Å². The van der Waals surface area contributed by atoms with Gasteiger partial charge >= 0.3 is 0 Å². The summed E-state index contributed by atoms with van der Waals surface area (Å²) in [6.07, 6.45) is 0. The lowest BCUT2D eigenvalue weighted by Gasteiger charge is -2.08. The molecular formula is C28H26O3S2. The molecule has 0 bridgehead atoms. The number of rotatable bonds is 9. The van der Waals surface area contributed by atoms with E-state index in [1.54, 1.807) is 13.8 Å². The SMILES string of the molecule is C=C(C)C(=O)SCCOc1ccc(-c2ccc(-c3ccc(SC(=O)C(=C)C)cc3)cc2)cc1. The largest absolute Gasteiger partial charge is 0.493 e. The predicted octanol–water partition coefficient (Wildman–Crippen LogP) is 7.43. The van der Waals surface area contributed by atoms with Crippen LogP contribution < -0.4 is 4.74 Å². The van der Waals surface area contributed by atoms with Gasteiger partial charge in [0.25, 0.3) is 0 Å². The third-order valence-electron chi connectivity index (χ3n) is 4.75. The predicted molar refractivity (Wildman–Crippen MR) is 141 cm³/mol. The Morgan fingerprint density at radius 3 is 1.58 bits per heavy atom. The third-order valence-corrected chi connectivity index (χ3v) is 6.78. The molecule has 0 aromatic heterocycles. The summed E-state index contributed by atoms with van der Waals surface area (Å²) in [5.74, 6) is 1.38. The van der Waals surface area contributed by atoms with Crippen molar-refractivity contribution >= 4 is 33.8 Å². The van der Waals surface area contributed by atoms with E-state index < -0.39 is 0 Å². The molecule has 3 rings (SSSR count). The minimum atomic E-state index is -0.0136. The van der Waals surface area contributed by atoms with Crippen LogP contribution in [-0.2, 0) is 9.59 Å². The maximum Gasteiger partial charge on any atom is 0.219 e. The highest BCUT2D eigenvalue weighted by molar-refractivity contribution is 8.14. The molecule has 0 aliphatic rings. The van der Waals surface area contributed by atoms with E-state index >= 15 is 0 Å². The van der Waals surface area contributed by atoms with Crippen LogP contribution in [0.15, 0.2) is 102 Å². The average molecular weight is 475 g/mol. The Hall–Kier alpha value is -3.02. The van der Waals surface area contributed by atoms with Crippen LogP contribution in [0.1, 0.15) is 13.8 Å². The maximum absolute atomic E-state index is 11.8. The molecular weight excluding hydrogens is 448 g/mol. The van der Waals surface area contributed by atoms with Crippen LogP contribution in [-0.4, -0.2) is 22.6 Å². The first kappa shape index (κ1) is 24.6. The van der Waals surface area contributed by atoms with Crippen LogP contribution in [0.4, 0.5) is 0 Å². The van der Waals surface area contributed by atoms with Crippen LogP contribution >= 0.6 is 23.5 Å². The fourth-order valence-electron chi connectivity index (χ4n) is 2.93. The molecule has 0 fully saturated rings. The molecule has 0 atom stereocenters. The summed E-state index contributed by atoms with van der Waals surface area (Å²) in [6, 6.07) is 24.3. The van der Waals surface area contributed by atoms with Gasteiger partial charge in [-0.1, -0.05) is 73.5 Å². The van der Waals surface area contributed by atoms with Crippen LogP contribution in [0.3, 0.4) is 0 Å². The maximum atomic E-state index is 11.8. The zero-order chi connectivity index (χ0) is 23.8. The van der Waals surface area contributed by atoms with Crippen molar-refractivity contribution in [1.82, 2.24) is 0 Å². The summed E-state index contributed by atoms with van der Waals surface area (Å²) < 4.78 is 5.72. The van der Waals surface area contributed by atoms with E-state index in [0.717, 1.165) is 32.9 Å². The second-order valence-electron chi connectivity index (χ2n) is 7.56. The van der Waals surface area contributed by atoms with Gasteiger partial charge in [-0.25, -0.2) is 0 Å². The summed E-state index contributed by atoms with van der Waals surface area (Å²) >= 11 is 2.42. The molecule has 33 heavy (non-hydrogen) atoms. The average Bonchev–Trinajstić information content (AvgIpc) is 2.82. The van der Waals surface area contributed by atoms with Gasteiger partial charge in [0.1, 0.15) is 5.75 Å². The van der Waals surface area contributed by atoms with Gasteiger partial charge in [0.05, 0.1) is 6.61 Å². The van der Waals surface area contributed by atoms with Gasteiger partial charge in [-0.15, -0.1) is 0 Å². The summed E-state index contributed by atoms with van der Waals surface area (Å²) in [6.45, 7) is 11.2. The molecule has 0 radical (unpaired) electrons. The van der Waals surface area contributed by atoms with Gasteiger partial charge in [-0.05, 0) is 83.3 Å². The number of carbonyl (C=O) groups excluding carboxylic acids is 2. The Morgan fingerprint density at radius 2 is 1.12 bits per heavy atom. The summed E-state index contributed by atoms with van der Waals surface area (Å²) in [7, 11) is 0. The van der Waals surface area contributed by atoms with Gasteiger partial charge in [0, 0.05) is 10.6 Å². The number of ether oxygens (including phenoxy) is 1. The van der Waals surface area contributed by atoms with Crippen molar-refractivity contribution in [3.8, 4) is 28.0 Å². The van der Waals surface area contributed by atoms with E-state index in [0.29, 0.717) is 23.5 Å². The zero-order valence-corrected chi connectivity index (χ0v) is 20.4. The summed E-state index contributed by atoms with van der Waals surface area (Å²) in [5.41, 5.74) is 5.54. The second kappa shape index (κ2) is 11.7. The number of benzene rings is 3. The highest BCUT2D eigenvalue weighted by atomic mass is 32.2. The molecule has 3 aromatic carbocycles. The summed E-state index contributed by atoms with van der Waals surface area (Å²) in [4.78, 5) is 24.3. The number of carbonyl (C=O) groups is 2. The van der Waals surface area contributed by atoms with Crippen molar-refractivity contribution in [1.29, 1.82) is 0 Å². The van der Waals surface area contributed by atoms with Crippen LogP contribution in [0.5, 0.6) is 5.75 Å². The van der Waals surface area contributed by atoms with Crippen molar-refractivity contribution in [3.63, 3.8) is 0 Å². The lowest BCUT2D eigenvalue weighted by atomic mass is 10.0. The van der Waals surface area contributed by atoms with Crippen LogP contribution in [0.2, 0.25) is 0 Å². The Labute approximate surface area is 203 Å². The molecule has 0 N–H and O–H groups in total. The van der Waals surface area contributed by atoms with Crippen molar-refractivity contribution in [2.24, 2.45) is 0 Å². The molecule has 168 valence electrons. The quantitative estimate of drug-likeness (QED) is 0.183. The van der Waals surface area contributed by atoms with E-state index in [4.69, 9.17) is 4.74 Å². The molecule has 3 aromatic rings. The monoisotopic (exact) mass is 474 g/mol. The fraction of sp³-hybridized carbons (Fsp3) is 0.143. The van der Waals surface area contributed by atoms with Crippen LogP contribution in [0, 0.1) is 0 Å². The van der Waals surface area contributed by atoms with E-state index in [-0.39, 0.29) is 10.2 Å². The molecule has 0 aliphatic carbocycles. The third kappa shape index (κ3) is 7.24. The Balaban J connectivity index is 1.57. The molecule has 5 heteroatoms. The number of hydrogen-bond acceptors (Lipinski definition) is 5. The standard InChI is InChI=1S/C28H26O3S2/c1-19(2)27(29)32-18-17-31-25-13-9-23(10-14-25)21-5-7-22(8-6-21)24-11-15-26(16-12-24)33-28(30)20(3)4/h5-16H,1,3,17-18H2,2,4H3. The second-order valence-corrected chi connectivity index (χ2v) is 9.67. The Bertz CT molecular complexity index is 1150. The topological polar surface area (TPSA) is 43.4 Å². The van der Waals surface area contributed by atoms with E-state index in [1.807, 2.05) is 48.5 Å². The zero-order valence-electron chi connectivity index (χ0n) is 18.8. The van der Waals surface area contributed by atoms with Crippen molar-refractivity contribution in [3.05, 3.63) is 97.1 Å². The lowest BCUT2D eigenvalue weighted by Crippen LogP contribution is -2.03. The first-order chi connectivity index (χ1) is 15.8. The Morgan fingerprint density at radius 1 is 0.697 bits per heavy atom. The minimum absolute atomic E-state index is 0.00473. The molecule has 0 saturated carbocycles. The van der Waals surface area contributed by atoms with Gasteiger partial charge in [-0.3, -0.25) is 9.59 Å². The molecule has 0 saturated heterocycles. The first-order valence-corrected chi connectivity index (χ1v) is 12.3. The van der Waals surface area contributed by atoms with Gasteiger partial charge < -0.3 is 4.74 Å². The molecule has 0 spiro atoms. The van der Waals surface area contributed by atoms with Crippen LogP contribution in [0.25, 0.3) is 22.3 Å². The molecule has 0 unspecified atom stereocenters. The fourth-order valence-corrected chi connectivity index (χ4v) is 4.18.